The van der Waals surface area contributed by atoms with Gasteiger partial charge in [0.05, 0.1) is 6.61 Å². The lowest BCUT2D eigenvalue weighted by atomic mass is 10.2. The van der Waals surface area contributed by atoms with Gasteiger partial charge in [0.15, 0.2) is 0 Å². The highest BCUT2D eigenvalue weighted by molar-refractivity contribution is 14.1. The largest absolute Gasteiger partial charge is 0.494 e. The molecule has 0 aromatic heterocycles. The molecule has 0 atom stereocenters. The van der Waals surface area contributed by atoms with Crippen LogP contribution in [0.4, 0.5) is 0 Å². The zero-order chi connectivity index (χ0) is 11.8. The summed E-state index contributed by atoms with van der Waals surface area (Å²) in [6.07, 6.45) is 3.67. The van der Waals surface area contributed by atoms with Crippen molar-refractivity contribution in [1.29, 1.82) is 0 Å². The smallest absolute Gasteiger partial charge is 0.328 e. The van der Waals surface area contributed by atoms with E-state index >= 15 is 0 Å². The molecule has 0 fully saturated rings. The number of aliphatic carboxylic acids is 1. The first-order chi connectivity index (χ1) is 7.72. The van der Waals surface area contributed by atoms with Gasteiger partial charge in [-0.3, -0.25) is 0 Å². The summed E-state index contributed by atoms with van der Waals surface area (Å²) in [4.78, 5) is 10.3. The lowest BCUT2D eigenvalue weighted by Crippen LogP contribution is -1.97. The summed E-state index contributed by atoms with van der Waals surface area (Å²) in [5, 5.41) is 8.50. The number of rotatable bonds is 6. The van der Waals surface area contributed by atoms with E-state index in [1.807, 2.05) is 24.3 Å². The Morgan fingerprint density at radius 1 is 1.50 bits per heavy atom. The minimum Gasteiger partial charge on any atom is -0.494 e. The summed E-state index contributed by atoms with van der Waals surface area (Å²) >= 11 is 2.30. The van der Waals surface area contributed by atoms with Crippen molar-refractivity contribution in [1.82, 2.24) is 0 Å². The maximum atomic E-state index is 10.3. The van der Waals surface area contributed by atoms with Crippen molar-refractivity contribution in [3.05, 3.63) is 35.9 Å². The van der Waals surface area contributed by atoms with Crippen LogP contribution in [0.15, 0.2) is 30.3 Å². The number of carboxylic acid groups (broad SMARTS) is 1. The second-order valence-corrected chi connectivity index (χ2v) is 4.21. The summed E-state index contributed by atoms with van der Waals surface area (Å²) < 4.78 is 6.57. The fraction of sp³-hybridized carbons (Fsp3) is 0.250. The number of carboxylic acids is 1. The molecule has 86 valence electrons. The molecule has 0 bridgehead atoms. The molecule has 0 amide bonds. The molecule has 16 heavy (non-hydrogen) atoms. The minimum atomic E-state index is -0.948. The van der Waals surface area contributed by atoms with Crippen LogP contribution in [0.5, 0.6) is 5.75 Å². The number of benzene rings is 1. The molecule has 0 aliphatic carbocycles. The molecule has 0 saturated carbocycles. The quantitative estimate of drug-likeness (QED) is 0.377. The van der Waals surface area contributed by atoms with Crippen molar-refractivity contribution in [2.24, 2.45) is 0 Å². The molecule has 0 saturated heterocycles. The summed E-state index contributed by atoms with van der Waals surface area (Å²) in [7, 11) is 0. The van der Waals surface area contributed by atoms with Gasteiger partial charge in [-0.15, -0.1) is 0 Å². The second-order valence-electron chi connectivity index (χ2n) is 3.14. The zero-order valence-electron chi connectivity index (χ0n) is 8.73. The predicted octanol–water partition coefficient (Wildman–Crippen LogP) is 2.99. The molecule has 0 aliphatic rings. The lowest BCUT2D eigenvalue weighted by Gasteiger charge is -2.05. The van der Waals surface area contributed by atoms with E-state index in [1.54, 1.807) is 6.08 Å². The minimum absolute atomic E-state index is 0.690. The van der Waals surface area contributed by atoms with E-state index < -0.39 is 5.97 Å². The van der Waals surface area contributed by atoms with Gasteiger partial charge in [0, 0.05) is 10.5 Å². The van der Waals surface area contributed by atoms with Crippen LogP contribution < -0.4 is 4.74 Å². The van der Waals surface area contributed by atoms with E-state index in [0.29, 0.717) is 6.61 Å². The van der Waals surface area contributed by atoms with Crippen molar-refractivity contribution in [2.45, 2.75) is 6.42 Å². The van der Waals surface area contributed by atoms with Gasteiger partial charge in [-0.2, -0.15) is 0 Å². The normalized spacial score (nSPS) is 10.6. The van der Waals surface area contributed by atoms with E-state index in [-0.39, 0.29) is 0 Å². The van der Waals surface area contributed by atoms with Crippen LogP contribution in [-0.4, -0.2) is 22.1 Å². The summed E-state index contributed by atoms with van der Waals surface area (Å²) in [5.41, 5.74) is 0.828. The van der Waals surface area contributed by atoms with E-state index in [1.165, 1.54) is 0 Å². The van der Waals surface area contributed by atoms with Crippen molar-refractivity contribution in [2.75, 3.05) is 11.0 Å². The maximum absolute atomic E-state index is 10.3. The molecule has 1 rings (SSSR count). The Balaban J connectivity index is 2.60. The molecule has 1 aromatic carbocycles. The van der Waals surface area contributed by atoms with Crippen LogP contribution in [0.1, 0.15) is 12.0 Å². The lowest BCUT2D eigenvalue weighted by molar-refractivity contribution is -0.131. The van der Waals surface area contributed by atoms with Crippen molar-refractivity contribution in [3.8, 4) is 5.75 Å². The van der Waals surface area contributed by atoms with Gasteiger partial charge in [-0.05, 0) is 30.2 Å². The molecule has 0 heterocycles. The van der Waals surface area contributed by atoms with Crippen LogP contribution in [0.25, 0.3) is 6.08 Å². The number of ether oxygens (including phenoxy) is 1. The highest BCUT2D eigenvalue weighted by Gasteiger charge is 1.95. The molecular formula is C12H13IO3. The first kappa shape index (κ1) is 13.0. The molecule has 0 spiro atoms. The predicted molar refractivity (Wildman–Crippen MR) is 72.1 cm³/mol. The Morgan fingerprint density at radius 2 is 2.31 bits per heavy atom. The third kappa shape index (κ3) is 5.16. The van der Waals surface area contributed by atoms with Gasteiger partial charge in [0.25, 0.3) is 0 Å². The fourth-order valence-electron chi connectivity index (χ4n) is 1.12. The van der Waals surface area contributed by atoms with Crippen LogP contribution in [0, 0.1) is 0 Å². The maximum Gasteiger partial charge on any atom is 0.328 e. The van der Waals surface area contributed by atoms with Gasteiger partial charge in [0.2, 0.25) is 0 Å². The van der Waals surface area contributed by atoms with Crippen LogP contribution >= 0.6 is 22.6 Å². The van der Waals surface area contributed by atoms with Crippen LogP contribution in [0.3, 0.4) is 0 Å². The molecule has 3 nitrogen and oxygen atoms in total. The molecular weight excluding hydrogens is 319 g/mol. The SMILES string of the molecule is O=C(O)/C=C/c1cccc(OCCCI)c1. The van der Waals surface area contributed by atoms with Crippen molar-refractivity contribution in [3.63, 3.8) is 0 Å². The summed E-state index contributed by atoms with van der Waals surface area (Å²) in [6.45, 7) is 0.690. The average molecular weight is 332 g/mol. The molecule has 1 N–H and O–H groups in total. The van der Waals surface area contributed by atoms with Crippen molar-refractivity contribution >= 4 is 34.6 Å². The van der Waals surface area contributed by atoms with Gasteiger partial charge in [-0.25, -0.2) is 4.79 Å². The molecule has 0 unspecified atom stereocenters. The Bertz CT molecular complexity index is 374. The highest BCUT2D eigenvalue weighted by atomic mass is 127. The van der Waals surface area contributed by atoms with E-state index in [9.17, 15) is 4.79 Å². The zero-order valence-corrected chi connectivity index (χ0v) is 10.9. The Labute approximate surface area is 108 Å². The van der Waals surface area contributed by atoms with Gasteiger partial charge in [-0.1, -0.05) is 34.7 Å². The Kier molecular flexibility index (Phi) is 5.92. The first-order valence-electron chi connectivity index (χ1n) is 4.92. The molecule has 0 radical (unpaired) electrons. The molecule has 4 heteroatoms. The number of carbonyl (C=O) groups is 1. The summed E-state index contributed by atoms with van der Waals surface area (Å²) in [5.74, 6) is -0.173. The molecule has 1 aromatic rings. The average Bonchev–Trinajstić information content (AvgIpc) is 2.27. The van der Waals surface area contributed by atoms with Gasteiger partial charge >= 0.3 is 5.97 Å². The van der Waals surface area contributed by atoms with Crippen LogP contribution in [0.2, 0.25) is 0 Å². The topological polar surface area (TPSA) is 46.5 Å². The highest BCUT2D eigenvalue weighted by Crippen LogP contribution is 2.14. The number of hydrogen-bond donors (Lipinski definition) is 1. The van der Waals surface area contributed by atoms with E-state index in [0.717, 1.165) is 28.2 Å². The van der Waals surface area contributed by atoms with Crippen molar-refractivity contribution < 1.29 is 14.6 Å². The Hall–Kier alpha value is -1.04. The number of alkyl halides is 1. The standard InChI is InChI=1S/C12H13IO3/c13-7-2-8-16-11-4-1-3-10(9-11)5-6-12(14)15/h1,3-6,9H,2,7-8H2,(H,14,15)/b6-5+. The van der Waals surface area contributed by atoms with Gasteiger partial charge in [0.1, 0.15) is 5.75 Å². The monoisotopic (exact) mass is 332 g/mol. The third-order valence-corrected chi connectivity index (χ3v) is 2.59. The second kappa shape index (κ2) is 7.27. The summed E-state index contributed by atoms with van der Waals surface area (Å²) in [6, 6.07) is 7.38. The first-order valence-corrected chi connectivity index (χ1v) is 6.45. The molecule has 0 aliphatic heterocycles. The third-order valence-electron chi connectivity index (χ3n) is 1.82. The Morgan fingerprint density at radius 3 is 3.00 bits per heavy atom. The van der Waals surface area contributed by atoms with Gasteiger partial charge < -0.3 is 9.84 Å². The number of halogens is 1. The fourth-order valence-corrected chi connectivity index (χ4v) is 1.43. The van der Waals surface area contributed by atoms with E-state index in [2.05, 4.69) is 22.6 Å². The van der Waals surface area contributed by atoms with E-state index in [4.69, 9.17) is 9.84 Å². The van der Waals surface area contributed by atoms with Crippen LogP contribution in [-0.2, 0) is 4.79 Å². The number of hydrogen-bond acceptors (Lipinski definition) is 2.